The maximum Gasteiger partial charge on any atom is 0.164 e. The van der Waals surface area contributed by atoms with Gasteiger partial charge in [-0.15, -0.1) is 0 Å². The van der Waals surface area contributed by atoms with Crippen molar-refractivity contribution < 1.29 is 28.4 Å². The van der Waals surface area contributed by atoms with Gasteiger partial charge in [0.15, 0.2) is 11.5 Å². The number of ether oxygens (including phenoxy) is 6. The molecule has 6 heteroatoms. The third kappa shape index (κ3) is 5.61. The molecule has 3 aromatic rings. The lowest BCUT2D eigenvalue weighted by atomic mass is 9.89. The summed E-state index contributed by atoms with van der Waals surface area (Å²) in [6.45, 7) is 12.6. The fourth-order valence-electron chi connectivity index (χ4n) is 4.65. The van der Waals surface area contributed by atoms with Crippen LogP contribution in [-0.2, 0) is 14.2 Å². The van der Waals surface area contributed by atoms with Crippen molar-refractivity contribution in [1.29, 1.82) is 0 Å². The minimum atomic E-state index is 0.175. The van der Waals surface area contributed by atoms with Crippen LogP contribution in [0, 0.1) is 27.7 Å². The Morgan fingerprint density at radius 2 is 1.11 bits per heavy atom. The first-order valence-electron chi connectivity index (χ1n) is 13.1. The molecule has 3 saturated heterocycles. The van der Waals surface area contributed by atoms with Crippen LogP contribution in [0.25, 0.3) is 22.3 Å². The van der Waals surface area contributed by atoms with Gasteiger partial charge in [0.25, 0.3) is 0 Å². The highest BCUT2D eigenvalue weighted by Crippen LogP contribution is 2.40. The first-order valence-corrected chi connectivity index (χ1v) is 13.1. The zero-order chi connectivity index (χ0) is 25.5. The highest BCUT2D eigenvalue weighted by molar-refractivity contribution is 5.79. The molecule has 0 aromatic heterocycles. The monoisotopic (exact) mass is 502 g/mol. The maximum atomic E-state index is 6.17. The van der Waals surface area contributed by atoms with Crippen molar-refractivity contribution in [3.63, 3.8) is 0 Å². The number of epoxide rings is 3. The predicted octanol–water partition coefficient (Wildman–Crippen LogP) is 5.59. The van der Waals surface area contributed by atoms with Crippen molar-refractivity contribution in [3.8, 4) is 39.5 Å². The number of aryl methyl sites for hydroxylation is 2. The van der Waals surface area contributed by atoms with Gasteiger partial charge >= 0.3 is 0 Å². The number of hydrogen-bond donors (Lipinski definition) is 0. The van der Waals surface area contributed by atoms with Gasteiger partial charge in [-0.3, -0.25) is 0 Å². The van der Waals surface area contributed by atoms with E-state index < -0.39 is 0 Å². The van der Waals surface area contributed by atoms with Gasteiger partial charge in [0, 0.05) is 0 Å². The van der Waals surface area contributed by atoms with Crippen LogP contribution in [0.5, 0.6) is 17.2 Å². The molecule has 0 radical (unpaired) electrons. The standard InChI is InChI=1S/C31H34O6/c1-18-9-22(5-8-29(18)35-15-24-12-32-24)27-6-7-28(21(4)20(27)3)23-10-19(2)31(37-17-26-14-34-26)30(11-23)36-16-25-13-33-25/h5-11,24-26H,12-17H2,1-4H3. The molecule has 3 aliphatic heterocycles. The molecule has 3 aromatic carbocycles. The van der Waals surface area contributed by atoms with Crippen molar-refractivity contribution >= 4 is 0 Å². The van der Waals surface area contributed by atoms with Crippen LogP contribution >= 0.6 is 0 Å². The summed E-state index contributed by atoms with van der Waals surface area (Å²) in [6, 6.07) is 15.1. The summed E-state index contributed by atoms with van der Waals surface area (Å²) in [7, 11) is 0. The predicted molar refractivity (Wildman–Crippen MR) is 142 cm³/mol. The van der Waals surface area contributed by atoms with Crippen LogP contribution in [0.1, 0.15) is 22.3 Å². The third-order valence-electron chi connectivity index (χ3n) is 7.29. The molecule has 0 amide bonds. The van der Waals surface area contributed by atoms with Crippen LogP contribution in [0.15, 0.2) is 42.5 Å². The Kier molecular flexibility index (Phi) is 6.57. The molecule has 0 aliphatic carbocycles. The Hall–Kier alpha value is -3.06. The molecule has 6 nitrogen and oxygen atoms in total. The molecule has 3 atom stereocenters. The minimum absolute atomic E-state index is 0.175. The molecule has 3 unspecified atom stereocenters. The molecule has 0 spiro atoms. The topological polar surface area (TPSA) is 65.3 Å². The van der Waals surface area contributed by atoms with Crippen LogP contribution in [-0.4, -0.2) is 58.0 Å². The van der Waals surface area contributed by atoms with E-state index >= 15 is 0 Å². The van der Waals surface area contributed by atoms with Crippen LogP contribution in [0.2, 0.25) is 0 Å². The molecule has 0 bridgehead atoms. The molecule has 3 aliphatic rings. The molecule has 194 valence electrons. The van der Waals surface area contributed by atoms with Gasteiger partial charge < -0.3 is 28.4 Å². The molecule has 6 rings (SSSR count). The van der Waals surface area contributed by atoms with E-state index in [9.17, 15) is 0 Å². The zero-order valence-electron chi connectivity index (χ0n) is 22.0. The van der Waals surface area contributed by atoms with Crippen LogP contribution < -0.4 is 14.2 Å². The summed E-state index contributed by atoms with van der Waals surface area (Å²) in [5, 5.41) is 0. The van der Waals surface area contributed by atoms with Crippen LogP contribution in [0.4, 0.5) is 0 Å². The first-order chi connectivity index (χ1) is 18.0. The Morgan fingerprint density at radius 3 is 1.68 bits per heavy atom. The highest BCUT2D eigenvalue weighted by atomic mass is 16.6. The van der Waals surface area contributed by atoms with Gasteiger partial charge in [-0.1, -0.05) is 18.2 Å². The van der Waals surface area contributed by atoms with Gasteiger partial charge in [0.05, 0.1) is 19.8 Å². The van der Waals surface area contributed by atoms with E-state index in [1.54, 1.807) is 0 Å². The summed E-state index contributed by atoms with van der Waals surface area (Å²) >= 11 is 0. The Morgan fingerprint density at radius 1 is 0.595 bits per heavy atom. The summed E-state index contributed by atoms with van der Waals surface area (Å²) in [6.07, 6.45) is 0.614. The first kappa shape index (κ1) is 24.3. The average molecular weight is 503 g/mol. The summed E-state index contributed by atoms with van der Waals surface area (Å²) in [4.78, 5) is 0. The fraction of sp³-hybridized carbons (Fsp3) is 0.419. The summed E-state index contributed by atoms with van der Waals surface area (Å²) in [5.74, 6) is 2.47. The highest BCUT2D eigenvalue weighted by Gasteiger charge is 2.27. The molecule has 3 heterocycles. The normalized spacial score (nSPS) is 21.5. The Labute approximate surface area is 218 Å². The second-order valence-corrected chi connectivity index (χ2v) is 10.3. The van der Waals surface area contributed by atoms with Gasteiger partial charge in [0.2, 0.25) is 0 Å². The summed E-state index contributed by atoms with van der Waals surface area (Å²) < 4.78 is 34.2. The van der Waals surface area contributed by atoms with Crippen LogP contribution in [0.3, 0.4) is 0 Å². The van der Waals surface area contributed by atoms with Crippen molar-refractivity contribution in [1.82, 2.24) is 0 Å². The van der Waals surface area contributed by atoms with Crippen molar-refractivity contribution in [2.24, 2.45) is 0 Å². The van der Waals surface area contributed by atoms with E-state index in [4.69, 9.17) is 28.4 Å². The fourth-order valence-corrected chi connectivity index (χ4v) is 4.65. The number of rotatable bonds is 11. The second-order valence-electron chi connectivity index (χ2n) is 10.3. The quantitative estimate of drug-likeness (QED) is 0.319. The minimum Gasteiger partial charge on any atom is -0.491 e. The lowest BCUT2D eigenvalue weighted by molar-refractivity contribution is 0.227. The van der Waals surface area contributed by atoms with E-state index in [1.165, 1.54) is 27.8 Å². The van der Waals surface area contributed by atoms with Crippen molar-refractivity contribution in [3.05, 3.63) is 64.7 Å². The van der Waals surface area contributed by atoms with Gasteiger partial charge in [-0.25, -0.2) is 0 Å². The largest absolute Gasteiger partial charge is 0.491 e. The Bertz CT molecular complexity index is 1300. The van der Waals surface area contributed by atoms with Gasteiger partial charge in [0.1, 0.15) is 43.9 Å². The molecule has 0 saturated carbocycles. The third-order valence-corrected chi connectivity index (χ3v) is 7.29. The SMILES string of the molecule is Cc1cc(-c2ccc(-c3cc(C)c(OCC4CO4)c(OCC4CO4)c3)c(C)c2C)ccc1OCC1CO1. The van der Waals surface area contributed by atoms with E-state index in [1.807, 2.05) is 0 Å². The number of hydrogen-bond acceptors (Lipinski definition) is 6. The lowest BCUT2D eigenvalue weighted by Crippen LogP contribution is -2.10. The maximum absolute atomic E-state index is 6.17. The van der Waals surface area contributed by atoms with Gasteiger partial charge in [-0.05, 0) is 96.5 Å². The van der Waals surface area contributed by atoms with Crippen molar-refractivity contribution in [2.75, 3.05) is 39.6 Å². The van der Waals surface area contributed by atoms with E-state index in [2.05, 4.69) is 70.2 Å². The second kappa shape index (κ2) is 10.0. The summed E-state index contributed by atoms with van der Waals surface area (Å²) in [5.41, 5.74) is 9.41. The van der Waals surface area contributed by atoms with Crippen molar-refractivity contribution in [2.45, 2.75) is 46.0 Å². The molecular weight excluding hydrogens is 468 g/mol. The van der Waals surface area contributed by atoms with Gasteiger partial charge in [-0.2, -0.15) is 0 Å². The Balaban J connectivity index is 1.28. The zero-order valence-corrected chi connectivity index (χ0v) is 22.0. The van der Waals surface area contributed by atoms with E-state index in [0.29, 0.717) is 19.8 Å². The molecular formula is C31H34O6. The molecule has 37 heavy (non-hydrogen) atoms. The van der Waals surface area contributed by atoms with E-state index in [0.717, 1.165) is 53.8 Å². The smallest absolute Gasteiger partial charge is 0.164 e. The molecule has 3 fully saturated rings. The lowest BCUT2D eigenvalue weighted by Gasteiger charge is -2.19. The molecule has 0 N–H and O–H groups in total. The van der Waals surface area contributed by atoms with E-state index in [-0.39, 0.29) is 18.3 Å². The average Bonchev–Trinajstić information content (AvgIpc) is 3.74. The number of benzene rings is 3.